The number of benzene rings is 1. The van der Waals surface area contributed by atoms with Crippen LogP contribution in [0.25, 0.3) is 16.6 Å². The summed E-state index contributed by atoms with van der Waals surface area (Å²) in [4.78, 5) is 9.24. The number of fused-ring (bicyclic) bond motifs is 1. The van der Waals surface area contributed by atoms with Gasteiger partial charge in [0.25, 0.3) is 0 Å². The molecule has 8 nitrogen and oxygen atoms in total. The molecule has 0 radical (unpaired) electrons. The number of aromatic amines is 1. The minimum absolute atomic E-state index is 0.348. The number of rotatable bonds is 6. The van der Waals surface area contributed by atoms with E-state index in [0.717, 1.165) is 22.6 Å². The van der Waals surface area contributed by atoms with E-state index in [1.807, 2.05) is 32.7 Å². The molecule has 1 aromatic carbocycles. The summed E-state index contributed by atoms with van der Waals surface area (Å²) in [5, 5.41) is 14.2. The smallest absolute Gasteiger partial charge is 0.179 e. The number of aryl methyl sites for hydroxylation is 2. The Morgan fingerprint density at radius 3 is 2.76 bits per heavy atom. The van der Waals surface area contributed by atoms with Crippen LogP contribution in [0.4, 0.5) is 10.2 Å². The van der Waals surface area contributed by atoms with Crippen molar-refractivity contribution < 1.29 is 9.13 Å². The second-order valence-corrected chi connectivity index (χ2v) is 6.77. The number of H-pyrrole nitrogens is 1. The van der Waals surface area contributed by atoms with Crippen molar-refractivity contribution in [2.45, 2.75) is 27.3 Å². The first-order valence-corrected chi connectivity index (χ1v) is 9.34. The number of nitrogens with zero attached hydrogens (tertiary/aromatic N) is 6. The Morgan fingerprint density at radius 1 is 1.24 bits per heavy atom. The summed E-state index contributed by atoms with van der Waals surface area (Å²) in [5.41, 5.74) is 2.55. The van der Waals surface area contributed by atoms with Gasteiger partial charge in [-0.05, 0) is 32.9 Å². The molecule has 0 spiro atoms. The Kier molecular flexibility index (Phi) is 4.87. The molecule has 1 N–H and O–H groups in total. The summed E-state index contributed by atoms with van der Waals surface area (Å²) >= 11 is 0. The standard InChI is InChI=1S/C20H22FN7O/c1-5-29-14-6-7-16(15(21)10-14)28-13(3)18-12(2)24-25-20(19(18)26-28)27(4)11-17-22-8-9-23-17/h6-10H,5,11H2,1-4H3,(H,22,23). The van der Waals surface area contributed by atoms with Crippen molar-refractivity contribution in [3.63, 3.8) is 0 Å². The number of halogens is 1. The molecule has 3 heterocycles. The third kappa shape index (κ3) is 3.39. The Balaban J connectivity index is 1.81. The fourth-order valence-corrected chi connectivity index (χ4v) is 3.40. The maximum atomic E-state index is 14.8. The largest absolute Gasteiger partial charge is 0.494 e. The monoisotopic (exact) mass is 395 g/mol. The SMILES string of the molecule is CCOc1ccc(-n2nc3c(N(C)Cc4ncc[nH]4)nnc(C)c3c2C)c(F)c1. The quantitative estimate of drug-likeness (QED) is 0.539. The summed E-state index contributed by atoms with van der Waals surface area (Å²) in [5.74, 6) is 1.49. The maximum absolute atomic E-state index is 14.8. The number of nitrogens with one attached hydrogen (secondary N) is 1. The number of hydrogen-bond donors (Lipinski definition) is 1. The maximum Gasteiger partial charge on any atom is 0.179 e. The Labute approximate surface area is 167 Å². The van der Waals surface area contributed by atoms with Crippen molar-refractivity contribution in [3.05, 3.63) is 53.6 Å². The third-order valence-electron chi connectivity index (χ3n) is 4.75. The Morgan fingerprint density at radius 2 is 2.07 bits per heavy atom. The normalized spacial score (nSPS) is 11.2. The number of aromatic nitrogens is 6. The molecule has 4 rings (SSSR count). The first kappa shape index (κ1) is 18.9. The third-order valence-corrected chi connectivity index (χ3v) is 4.75. The van der Waals surface area contributed by atoms with Gasteiger partial charge in [-0.25, -0.2) is 14.1 Å². The molecule has 0 bridgehead atoms. The highest BCUT2D eigenvalue weighted by atomic mass is 19.1. The second-order valence-electron chi connectivity index (χ2n) is 6.77. The van der Waals surface area contributed by atoms with Gasteiger partial charge in [0.05, 0.1) is 29.9 Å². The van der Waals surface area contributed by atoms with Gasteiger partial charge in [-0.2, -0.15) is 10.2 Å². The number of anilines is 1. The first-order chi connectivity index (χ1) is 14.0. The highest BCUT2D eigenvalue weighted by Crippen LogP contribution is 2.30. The molecule has 9 heteroatoms. The summed E-state index contributed by atoms with van der Waals surface area (Å²) in [7, 11) is 1.90. The van der Waals surface area contributed by atoms with E-state index < -0.39 is 5.82 Å². The molecule has 0 aliphatic heterocycles. The van der Waals surface area contributed by atoms with Crippen molar-refractivity contribution in [1.29, 1.82) is 0 Å². The van der Waals surface area contributed by atoms with E-state index in [0.29, 0.717) is 35.9 Å². The zero-order chi connectivity index (χ0) is 20.5. The van der Waals surface area contributed by atoms with Crippen LogP contribution in [0.5, 0.6) is 5.75 Å². The van der Waals surface area contributed by atoms with Crippen molar-refractivity contribution in [1.82, 2.24) is 29.9 Å². The lowest BCUT2D eigenvalue weighted by Gasteiger charge is -2.16. The molecular weight excluding hydrogens is 373 g/mol. The molecule has 0 unspecified atom stereocenters. The molecule has 0 saturated carbocycles. The van der Waals surface area contributed by atoms with E-state index in [4.69, 9.17) is 9.84 Å². The zero-order valence-corrected chi connectivity index (χ0v) is 16.8. The van der Waals surface area contributed by atoms with Crippen molar-refractivity contribution in [2.75, 3.05) is 18.6 Å². The number of ether oxygens (including phenoxy) is 1. The minimum Gasteiger partial charge on any atom is -0.494 e. The number of imidazole rings is 1. The average Bonchev–Trinajstić information content (AvgIpc) is 3.31. The van der Waals surface area contributed by atoms with E-state index in [1.165, 1.54) is 6.07 Å². The van der Waals surface area contributed by atoms with Crippen LogP contribution in [-0.4, -0.2) is 43.6 Å². The topological polar surface area (TPSA) is 84.8 Å². The van der Waals surface area contributed by atoms with Crippen molar-refractivity contribution in [3.8, 4) is 11.4 Å². The molecule has 0 saturated heterocycles. The fourth-order valence-electron chi connectivity index (χ4n) is 3.40. The molecule has 0 fully saturated rings. The summed E-state index contributed by atoms with van der Waals surface area (Å²) in [6.07, 6.45) is 3.47. The summed E-state index contributed by atoms with van der Waals surface area (Å²) < 4.78 is 21.8. The average molecular weight is 395 g/mol. The van der Waals surface area contributed by atoms with Crippen LogP contribution < -0.4 is 9.64 Å². The highest BCUT2D eigenvalue weighted by molar-refractivity contribution is 5.92. The van der Waals surface area contributed by atoms with E-state index in [2.05, 4.69) is 20.2 Å². The van der Waals surface area contributed by atoms with Crippen molar-refractivity contribution >= 4 is 16.7 Å². The second kappa shape index (κ2) is 7.50. The van der Waals surface area contributed by atoms with E-state index in [-0.39, 0.29) is 0 Å². The summed E-state index contributed by atoms with van der Waals surface area (Å²) in [6.45, 7) is 6.63. The van der Waals surface area contributed by atoms with Gasteiger partial charge in [0.1, 0.15) is 22.8 Å². The Hall–Kier alpha value is -3.49. The van der Waals surface area contributed by atoms with Gasteiger partial charge >= 0.3 is 0 Å². The summed E-state index contributed by atoms with van der Waals surface area (Å²) in [6, 6.07) is 4.78. The van der Waals surface area contributed by atoms with E-state index >= 15 is 0 Å². The molecule has 150 valence electrons. The molecule has 3 aromatic heterocycles. The molecule has 29 heavy (non-hydrogen) atoms. The predicted octanol–water partition coefficient (Wildman–Crippen LogP) is 3.33. The molecule has 0 aliphatic rings. The zero-order valence-electron chi connectivity index (χ0n) is 16.8. The Bertz CT molecular complexity index is 1150. The molecular formula is C20H22FN7O. The van der Waals surface area contributed by atoms with Gasteiger partial charge in [-0.15, -0.1) is 5.10 Å². The van der Waals surface area contributed by atoms with Crippen LogP contribution in [0.15, 0.2) is 30.6 Å². The van der Waals surface area contributed by atoms with Gasteiger partial charge in [0.2, 0.25) is 0 Å². The fraction of sp³-hybridized carbons (Fsp3) is 0.300. The predicted molar refractivity (Wildman–Crippen MR) is 108 cm³/mol. The van der Waals surface area contributed by atoms with Crippen LogP contribution in [-0.2, 0) is 6.54 Å². The lowest BCUT2D eigenvalue weighted by Crippen LogP contribution is -2.19. The van der Waals surface area contributed by atoms with E-state index in [1.54, 1.807) is 29.2 Å². The van der Waals surface area contributed by atoms with Crippen LogP contribution in [0.1, 0.15) is 24.1 Å². The number of hydrogen-bond acceptors (Lipinski definition) is 6. The van der Waals surface area contributed by atoms with E-state index in [9.17, 15) is 4.39 Å². The van der Waals surface area contributed by atoms with Crippen LogP contribution >= 0.6 is 0 Å². The highest BCUT2D eigenvalue weighted by Gasteiger charge is 2.21. The van der Waals surface area contributed by atoms with Crippen LogP contribution in [0.2, 0.25) is 0 Å². The molecule has 0 aliphatic carbocycles. The van der Waals surface area contributed by atoms with Gasteiger partial charge < -0.3 is 14.6 Å². The minimum atomic E-state index is -0.407. The van der Waals surface area contributed by atoms with Crippen molar-refractivity contribution in [2.24, 2.45) is 0 Å². The molecule has 4 aromatic rings. The molecule has 0 atom stereocenters. The van der Waals surface area contributed by atoms with Gasteiger partial charge in [-0.1, -0.05) is 0 Å². The lowest BCUT2D eigenvalue weighted by atomic mass is 10.2. The molecule has 0 amide bonds. The van der Waals surface area contributed by atoms with Crippen LogP contribution in [0, 0.1) is 19.7 Å². The lowest BCUT2D eigenvalue weighted by molar-refractivity contribution is 0.338. The van der Waals surface area contributed by atoms with Crippen LogP contribution in [0.3, 0.4) is 0 Å². The van der Waals surface area contributed by atoms with Gasteiger partial charge in [0.15, 0.2) is 11.6 Å². The first-order valence-electron chi connectivity index (χ1n) is 9.34. The van der Waals surface area contributed by atoms with Gasteiger partial charge in [-0.3, -0.25) is 0 Å². The van der Waals surface area contributed by atoms with Gasteiger partial charge in [0, 0.05) is 25.5 Å².